The number of hydrogen-bond acceptors (Lipinski definition) is 1. The van der Waals surface area contributed by atoms with Crippen LogP contribution in [0.15, 0.2) is 30.3 Å². The van der Waals surface area contributed by atoms with Gasteiger partial charge in [0.05, 0.1) is 6.61 Å². The van der Waals surface area contributed by atoms with Crippen molar-refractivity contribution in [2.24, 2.45) is 17.8 Å². The van der Waals surface area contributed by atoms with Gasteiger partial charge < -0.3 is 4.74 Å². The summed E-state index contributed by atoms with van der Waals surface area (Å²) in [6.45, 7) is 4.83. The highest BCUT2D eigenvalue weighted by Crippen LogP contribution is 2.43. The molecule has 4 rings (SSSR count). The third kappa shape index (κ3) is 8.58. The molecule has 1 unspecified atom stereocenters. The zero-order valence-electron chi connectivity index (χ0n) is 25.8. The molecule has 232 valence electrons. The highest BCUT2D eigenvalue weighted by molar-refractivity contribution is 6.32. The molecule has 2 aliphatic rings. The average Bonchev–Trinajstić information content (AvgIpc) is 3.01. The molecule has 2 aromatic rings. The summed E-state index contributed by atoms with van der Waals surface area (Å²) in [5, 5.41) is -0.200. The Hall–Kier alpha value is -1.94. The molecule has 0 bridgehead atoms. The van der Waals surface area contributed by atoms with Crippen LogP contribution in [0.4, 0.5) is 13.2 Å². The van der Waals surface area contributed by atoms with E-state index >= 15 is 13.2 Å². The van der Waals surface area contributed by atoms with Gasteiger partial charge in [-0.2, -0.15) is 0 Å². The van der Waals surface area contributed by atoms with Gasteiger partial charge in [-0.25, -0.2) is 13.2 Å². The third-order valence-corrected chi connectivity index (χ3v) is 10.1. The molecular weight excluding hydrogens is 553 g/mol. The quantitative estimate of drug-likeness (QED) is 0.184. The Morgan fingerprint density at radius 2 is 1.31 bits per heavy atom. The largest absolute Gasteiger partial charge is 0.492 e. The summed E-state index contributed by atoms with van der Waals surface area (Å²) in [6, 6.07) is 6.03. The Kier molecular flexibility index (Phi) is 13.2. The van der Waals surface area contributed by atoms with E-state index in [0.717, 1.165) is 62.4 Å². The van der Waals surface area contributed by atoms with E-state index < -0.39 is 17.5 Å². The number of ether oxygens (including phenoxy) is 1. The Labute approximate surface area is 257 Å². The zero-order valence-corrected chi connectivity index (χ0v) is 26.5. The van der Waals surface area contributed by atoms with Crippen molar-refractivity contribution >= 4 is 17.2 Å². The first-order valence-corrected chi connectivity index (χ1v) is 17.1. The summed E-state index contributed by atoms with van der Waals surface area (Å²) >= 11 is 6.23. The van der Waals surface area contributed by atoms with E-state index in [-0.39, 0.29) is 21.9 Å². The van der Waals surface area contributed by atoms with Crippen molar-refractivity contribution in [3.8, 4) is 16.9 Å². The lowest BCUT2D eigenvalue weighted by Gasteiger charge is -2.35. The summed E-state index contributed by atoms with van der Waals surface area (Å²) in [7, 11) is 0. The fourth-order valence-electron chi connectivity index (χ4n) is 7.08. The molecule has 1 atom stereocenters. The van der Waals surface area contributed by atoms with Crippen LogP contribution in [-0.2, 0) is 0 Å². The van der Waals surface area contributed by atoms with Crippen molar-refractivity contribution in [3.05, 3.63) is 58.4 Å². The molecule has 5 heteroatoms. The van der Waals surface area contributed by atoms with E-state index in [2.05, 4.69) is 19.9 Å². The van der Waals surface area contributed by atoms with Crippen LogP contribution in [0, 0.1) is 35.2 Å². The second-order valence-corrected chi connectivity index (χ2v) is 13.1. The first kappa shape index (κ1) is 33.0. The molecule has 0 amide bonds. The Morgan fingerprint density at radius 1 is 0.690 bits per heavy atom. The molecule has 42 heavy (non-hydrogen) atoms. The van der Waals surface area contributed by atoms with Crippen molar-refractivity contribution in [1.29, 1.82) is 0 Å². The molecule has 0 saturated heterocycles. The van der Waals surface area contributed by atoms with Gasteiger partial charge in [-0.3, -0.25) is 0 Å². The van der Waals surface area contributed by atoms with Gasteiger partial charge in [0.25, 0.3) is 0 Å². The van der Waals surface area contributed by atoms with Crippen molar-refractivity contribution in [3.63, 3.8) is 0 Å². The number of unbranched alkanes of at least 4 members (excludes halogenated alkanes) is 7. The monoisotopic (exact) mass is 602 g/mol. The average molecular weight is 603 g/mol. The molecule has 1 saturated carbocycles. The fraction of sp³-hybridized carbons (Fsp3) is 0.622. The Bertz CT molecular complexity index is 1170. The van der Waals surface area contributed by atoms with Gasteiger partial charge in [0.2, 0.25) is 0 Å². The van der Waals surface area contributed by atoms with Gasteiger partial charge in [0, 0.05) is 16.7 Å². The van der Waals surface area contributed by atoms with Gasteiger partial charge in [0.15, 0.2) is 17.5 Å². The number of allylic oxidation sites excluding steroid dienone is 2. The summed E-state index contributed by atoms with van der Waals surface area (Å²) in [5.74, 6) is -0.235. The normalized spacial score (nSPS) is 20.9. The minimum absolute atomic E-state index is 0.0597. The van der Waals surface area contributed by atoms with Crippen molar-refractivity contribution in [1.82, 2.24) is 0 Å². The zero-order chi connectivity index (χ0) is 29.9. The lowest BCUT2D eigenvalue weighted by atomic mass is 9.70. The van der Waals surface area contributed by atoms with Crippen molar-refractivity contribution in [2.45, 2.75) is 123 Å². The SMILES string of the molecule is CCCCCCCC1CCC(C2CC=C(c3ccc(-c4ccc(OCCCCCC)c(Cl)c4F)c(F)c3F)CC2)CC1. The molecule has 0 radical (unpaired) electrons. The first-order chi connectivity index (χ1) is 20.4. The minimum atomic E-state index is -1.04. The number of rotatable bonds is 15. The number of benzene rings is 2. The third-order valence-electron chi connectivity index (χ3n) is 9.75. The lowest BCUT2D eigenvalue weighted by Crippen LogP contribution is -2.23. The first-order valence-electron chi connectivity index (χ1n) is 16.7. The predicted molar refractivity (Wildman–Crippen MR) is 171 cm³/mol. The van der Waals surface area contributed by atoms with Gasteiger partial charge in [-0.15, -0.1) is 0 Å². The van der Waals surface area contributed by atoms with Gasteiger partial charge in [0.1, 0.15) is 10.8 Å². The van der Waals surface area contributed by atoms with Crippen LogP contribution in [-0.4, -0.2) is 6.61 Å². The number of halogens is 4. The smallest absolute Gasteiger partial charge is 0.167 e. The van der Waals surface area contributed by atoms with Gasteiger partial charge in [-0.1, -0.05) is 114 Å². The summed E-state index contributed by atoms with van der Waals surface area (Å²) in [4.78, 5) is 0. The molecular formula is C37H50ClF3O. The van der Waals surface area contributed by atoms with Crippen molar-refractivity contribution in [2.75, 3.05) is 6.61 Å². The molecule has 0 N–H and O–H groups in total. The van der Waals surface area contributed by atoms with E-state index in [1.807, 2.05) is 0 Å². The molecule has 1 nitrogen and oxygen atoms in total. The fourth-order valence-corrected chi connectivity index (χ4v) is 7.30. The van der Waals surface area contributed by atoms with Gasteiger partial charge in [-0.05, 0) is 74.0 Å². The molecule has 2 aromatic carbocycles. The maximum absolute atomic E-state index is 15.4. The highest BCUT2D eigenvalue weighted by atomic mass is 35.5. The topological polar surface area (TPSA) is 9.23 Å². The molecule has 2 aliphatic carbocycles. The number of hydrogen-bond donors (Lipinski definition) is 0. The maximum Gasteiger partial charge on any atom is 0.167 e. The Balaban J connectivity index is 1.34. The van der Waals surface area contributed by atoms with Gasteiger partial charge >= 0.3 is 0 Å². The van der Waals surface area contributed by atoms with Crippen LogP contribution >= 0.6 is 11.6 Å². The second kappa shape index (κ2) is 16.8. The summed E-state index contributed by atoms with van der Waals surface area (Å²) in [5.41, 5.74) is 0.970. The molecule has 0 heterocycles. The van der Waals surface area contributed by atoms with E-state index in [1.165, 1.54) is 82.4 Å². The van der Waals surface area contributed by atoms with E-state index in [9.17, 15) is 0 Å². The van der Waals surface area contributed by atoms with Crippen LogP contribution in [0.1, 0.15) is 129 Å². The molecule has 0 aromatic heterocycles. The minimum Gasteiger partial charge on any atom is -0.492 e. The summed E-state index contributed by atoms with van der Waals surface area (Å²) < 4.78 is 51.6. The van der Waals surface area contributed by atoms with Crippen LogP contribution in [0.2, 0.25) is 5.02 Å². The predicted octanol–water partition coefficient (Wildman–Crippen LogP) is 12.7. The second-order valence-electron chi connectivity index (χ2n) is 12.7. The summed E-state index contributed by atoms with van der Waals surface area (Å²) in [6.07, 6.45) is 22.4. The highest BCUT2D eigenvalue weighted by Gasteiger charge is 2.30. The standard InChI is InChI=1S/C37H50ClF3O/c1-3-5-7-9-10-12-26-13-15-27(16-14-26)28-17-19-29(20-18-28)30-21-22-32(37(41)36(30)40)31-23-24-33(34(38)35(31)39)42-25-11-8-6-4-2/h19,21-24,26-28H,3-18,20,25H2,1-2H3. The molecule has 0 aliphatic heterocycles. The Morgan fingerprint density at radius 3 is 2.00 bits per heavy atom. The van der Waals surface area contributed by atoms with Crippen LogP contribution in [0.25, 0.3) is 16.7 Å². The van der Waals surface area contributed by atoms with E-state index in [4.69, 9.17) is 16.3 Å². The molecule has 1 fully saturated rings. The van der Waals surface area contributed by atoms with E-state index in [1.54, 1.807) is 6.07 Å². The van der Waals surface area contributed by atoms with Crippen molar-refractivity contribution < 1.29 is 17.9 Å². The van der Waals surface area contributed by atoms with Crippen LogP contribution in [0.5, 0.6) is 5.75 Å². The van der Waals surface area contributed by atoms with Crippen LogP contribution < -0.4 is 4.74 Å². The lowest BCUT2D eigenvalue weighted by molar-refractivity contribution is 0.187. The molecule has 0 spiro atoms. The van der Waals surface area contributed by atoms with E-state index in [0.29, 0.717) is 18.1 Å². The van der Waals surface area contributed by atoms with Crippen LogP contribution in [0.3, 0.4) is 0 Å². The maximum atomic E-state index is 15.4.